The molecular weight excluding hydrogens is 399 g/mol. The molecule has 2 heterocycles. The summed E-state index contributed by atoms with van der Waals surface area (Å²) in [6, 6.07) is 7.04. The molecule has 1 fully saturated rings. The maximum Gasteiger partial charge on any atom is 0.247 e. The van der Waals surface area contributed by atoms with Gasteiger partial charge in [0.15, 0.2) is 0 Å². The van der Waals surface area contributed by atoms with E-state index in [1.54, 1.807) is 32.0 Å². The lowest BCUT2D eigenvalue weighted by Crippen LogP contribution is -2.29. The van der Waals surface area contributed by atoms with E-state index in [1.165, 1.54) is 7.11 Å². The highest BCUT2D eigenvalue weighted by molar-refractivity contribution is 5.98. The first-order valence-electron chi connectivity index (χ1n) is 10.0. The summed E-state index contributed by atoms with van der Waals surface area (Å²) in [4.78, 5) is 16.6. The fourth-order valence-corrected chi connectivity index (χ4v) is 3.94. The standard InChI is InChI=1S/C23H23FN4O3/c1-11-20-19(23(28-21(11)24)31-10-13-4-5-13)18(17(22(26)29)12(2)27-20)15-7-6-14(9-25)8-16(15)30-3/h6-8,13,18,27H,4-5,10H2,1-3H3,(H2,26,29)/t18-/m0/s1. The number of aromatic nitrogens is 1. The molecule has 1 aliphatic carbocycles. The predicted octanol–water partition coefficient (Wildman–Crippen LogP) is 3.51. The van der Waals surface area contributed by atoms with Crippen molar-refractivity contribution in [3.8, 4) is 17.7 Å². The molecule has 31 heavy (non-hydrogen) atoms. The molecule has 8 heteroatoms. The molecule has 1 aromatic carbocycles. The summed E-state index contributed by atoms with van der Waals surface area (Å²) in [5, 5.41) is 12.4. The van der Waals surface area contributed by atoms with Gasteiger partial charge in [0.1, 0.15) is 5.75 Å². The second-order valence-corrected chi connectivity index (χ2v) is 7.91. The minimum Gasteiger partial charge on any atom is -0.496 e. The second kappa shape index (κ2) is 7.91. The lowest BCUT2D eigenvalue weighted by molar-refractivity contribution is -0.114. The van der Waals surface area contributed by atoms with Gasteiger partial charge in [0, 0.05) is 22.4 Å². The van der Waals surface area contributed by atoms with Crippen molar-refractivity contribution in [2.45, 2.75) is 32.6 Å². The van der Waals surface area contributed by atoms with Crippen molar-refractivity contribution in [2.75, 3.05) is 19.0 Å². The van der Waals surface area contributed by atoms with E-state index in [2.05, 4.69) is 16.4 Å². The number of allylic oxidation sites excluding steroid dienone is 1. The van der Waals surface area contributed by atoms with Gasteiger partial charge in [-0.15, -0.1) is 0 Å². The third-order valence-corrected chi connectivity index (χ3v) is 5.77. The Morgan fingerprint density at radius 1 is 1.39 bits per heavy atom. The van der Waals surface area contributed by atoms with Crippen LogP contribution in [0, 0.1) is 30.1 Å². The number of benzene rings is 1. The lowest BCUT2D eigenvalue weighted by Gasteiger charge is -2.32. The maximum atomic E-state index is 14.7. The number of carbonyl (C=O) groups excluding carboxylic acids is 1. The van der Waals surface area contributed by atoms with Crippen LogP contribution in [0.4, 0.5) is 10.1 Å². The number of ether oxygens (including phenoxy) is 2. The molecule has 0 bridgehead atoms. The minimum atomic E-state index is -0.697. The number of nitrogens with two attached hydrogens (primary N) is 1. The largest absolute Gasteiger partial charge is 0.496 e. The van der Waals surface area contributed by atoms with Crippen molar-refractivity contribution in [3.05, 3.63) is 57.7 Å². The van der Waals surface area contributed by atoms with Crippen molar-refractivity contribution < 1.29 is 18.7 Å². The Morgan fingerprint density at radius 2 is 2.13 bits per heavy atom. The number of pyridine rings is 1. The van der Waals surface area contributed by atoms with E-state index >= 15 is 0 Å². The van der Waals surface area contributed by atoms with Gasteiger partial charge in [-0.05, 0) is 44.7 Å². The molecule has 3 N–H and O–H groups in total. The Labute approximate surface area is 179 Å². The molecule has 0 unspecified atom stereocenters. The van der Waals surface area contributed by atoms with Gasteiger partial charge in [0.2, 0.25) is 17.7 Å². The number of nitrogens with one attached hydrogen (secondary N) is 1. The van der Waals surface area contributed by atoms with Crippen LogP contribution in [0.2, 0.25) is 0 Å². The van der Waals surface area contributed by atoms with E-state index in [0.717, 1.165) is 12.8 Å². The van der Waals surface area contributed by atoms with Gasteiger partial charge < -0.3 is 20.5 Å². The van der Waals surface area contributed by atoms with E-state index in [0.29, 0.717) is 57.5 Å². The summed E-state index contributed by atoms with van der Waals surface area (Å²) in [5.74, 6) is -0.995. The fraction of sp³-hybridized carbons (Fsp3) is 0.348. The van der Waals surface area contributed by atoms with Crippen LogP contribution in [0.15, 0.2) is 29.5 Å². The number of methoxy groups -OCH3 is 1. The van der Waals surface area contributed by atoms with Crippen LogP contribution < -0.4 is 20.5 Å². The number of hydrogen-bond donors (Lipinski definition) is 2. The normalized spacial score (nSPS) is 17.5. The number of halogens is 1. The first-order chi connectivity index (χ1) is 14.8. The van der Waals surface area contributed by atoms with Gasteiger partial charge in [-0.1, -0.05) is 6.07 Å². The quantitative estimate of drug-likeness (QED) is 0.690. The molecule has 7 nitrogen and oxygen atoms in total. The van der Waals surface area contributed by atoms with Gasteiger partial charge in [-0.25, -0.2) is 0 Å². The molecule has 160 valence electrons. The number of amides is 1. The summed E-state index contributed by atoms with van der Waals surface area (Å²) in [6.07, 6.45) is 2.13. The molecule has 2 aliphatic rings. The van der Waals surface area contributed by atoms with E-state index in [4.69, 9.17) is 15.2 Å². The van der Waals surface area contributed by atoms with Crippen LogP contribution in [0.3, 0.4) is 0 Å². The number of nitrogens with zero attached hydrogens (tertiary/aromatic N) is 2. The van der Waals surface area contributed by atoms with Gasteiger partial charge in [-0.3, -0.25) is 4.79 Å². The number of carbonyl (C=O) groups is 1. The highest BCUT2D eigenvalue weighted by Gasteiger charge is 2.38. The molecular formula is C23H23FN4O3. The predicted molar refractivity (Wildman–Crippen MR) is 112 cm³/mol. The van der Waals surface area contributed by atoms with Crippen LogP contribution in [-0.2, 0) is 4.79 Å². The van der Waals surface area contributed by atoms with Gasteiger partial charge in [-0.2, -0.15) is 14.6 Å². The Kier molecular flexibility index (Phi) is 5.27. The van der Waals surface area contributed by atoms with Crippen LogP contribution in [0.1, 0.15) is 47.9 Å². The number of fused-ring (bicyclic) bond motifs is 1. The van der Waals surface area contributed by atoms with E-state index in [1.807, 2.05) is 0 Å². The summed E-state index contributed by atoms with van der Waals surface area (Å²) in [6.45, 7) is 3.76. The Hall–Kier alpha value is -3.60. The Morgan fingerprint density at radius 3 is 2.74 bits per heavy atom. The topological polar surface area (TPSA) is 110 Å². The summed E-state index contributed by atoms with van der Waals surface area (Å²) in [5.41, 5.74) is 8.96. The van der Waals surface area contributed by atoms with Crippen LogP contribution in [0.25, 0.3) is 0 Å². The zero-order chi connectivity index (χ0) is 22.3. The third-order valence-electron chi connectivity index (χ3n) is 5.77. The summed E-state index contributed by atoms with van der Waals surface area (Å²) in [7, 11) is 1.49. The zero-order valence-electron chi connectivity index (χ0n) is 17.6. The monoisotopic (exact) mass is 422 g/mol. The third kappa shape index (κ3) is 3.67. The molecule has 1 saturated carbocycles. The first kappa shape index (κ1) is 20.7. The smallest absolute Gasteiger partial charge is 0.247 e. The Bertz CT molecular complexity index is 1150. The SMILES string of the molecule is COc1cc(C#N)ccc1[C@H]1C(C(N)=O)=C(C)Nc2c(C)c(F)nc(OCC3CC3)c21. The number of hydrogen-bond acceptors (Lipinski definition) is 6. The second-order valence-electron chi connectivity index (χ2n) is 7.91. The lowest BCUT2D eigenvalue weighted by atomic mass is 9.79. The maximum absolute atomic E-state index is 14.7. The number of anilines is 1. The van der Waals surface area contributed by atoms with Crippen molar-refractivity contribution in [2.24, 2.45) is 11.7 Å². The molecule has 1 aliphatic heterocycles. The first-order valence-corrected chi connectivity index (χ1v) is 10.0. The van der Waals surface area contributed by atoms with Crippen LogP contribution in [0.5, 0.6) is 11.6 Å². The fourth-order valence-electron chi connectivity index (χ4n) is 3.94. The molecule has 1 aromatic heterocycles. The summed E-state index contributed by atoms with van der Waals surface area (Å²) < 4.78 is 26.1. The molecule has 4 rings (SSSR count). The van der Waals surface area contributed by atoms with Crippen LogP contribution in [-0.4, -0.2) is 24.6 Å². The molecule has 1 amide bonds. The average Bonchev–Trinajstić information content (AvgIpc) is 3.58. The Balaban J connectivity index is 1.98. The average molecular weight is 422 g/mol. The van der Waals surface area contributed by atoms with E-state index in [-0.39, 0.29) is 5.88 Å². The van der Waals surface area contributed by atoms with Gasteiger partial charge in [0.25, 0.3) is 0 Å². The van der Waals surface area contributed by atoms with Gasteiger partial charge >= 0.3 is 0 Å². The van der Waals surface area contributed by atoms with E-state index in [9.17, 15) is 14.4 Å². The number of primary amides is 1. The molecule has 0 saturated heterocycles. The van der Waals surface area contributed by atoms with Crippen molar-refractivity contribution in [3.63, 3.8) is 0 Å². The number of rotatable bonds is 6. The minimum absolute atomic E-state index is 0.125. The summed E-state index contributed by atoms with van der Waals surface area (Å²) >= 11 is 0. The molecule has 1 atom stereocenters. The van der Waals surface area contributed by atoms with Crippen LogP contribution >= 0.6 is 0 Å². The zero-order valence-corrected chi connectivity index (χ0v) is 17.6. The van der Waals surface area contributed by atoms with E-state index < -0.39 is 17.8 Å². The molecule has 0 spiro atoms. The van der Waals surface area contributed by atoms with Crippen molar-refractivity contribution in [1.29, 1.82) is 5.26 Å². The van der Waals surface area contributed by atoms with Crippen molar-refractivity contribution >= 4 is 11.6 Å². The number of nitriles is 1. The highest BCUT2D eigenvalue weighted by Crippen LogP contribution is 2.49. The highest BCUT2D eigenvalue weighted by atomic mass is 19.1. The van der Waals surface area contributed by atoms with Crippen molar-refractivity contribution in [1.82, 2.24) is 4.98 Å². The van der Waals surface area contributed by atoms with Gasteiger partial charge in [0.05, 0.1) is 42.5 Å². The molecule has 0 radical (unpaired) electrons. The molecule has 2 aromatic rings.